The van der Waals surface area contributed by atoms with Crippen LogP contribution in [-0.4, -0.2) is 11.9 Å². The van der Waals surface area contributed by atoms with Crippen LogP contribution in [0.15, 0.2) is 24.3 Å². The Bertz CT molecular complexity index is 444. The zero-order valence-corrected chi connectivity index (χ0v) is 11.2. The van der Waals surface area contributed by atoms with E-state index in [0.717, 1.165) is 12.8 Å². The second kappa shape index (κ2) is 6.80. The molecule has 0 saturated carbocycles. The molecule has 1 aromatic carbocycles. The maximum absolute atomic E-state index is 12.0. The van der Waals surface area contributed by atoms with Crippen molar-refractivity contribution in [1.82, 2.24) is 5.32 Å². The van der Waals surface area contributed by atoms with Gasteiger partial charge in [-0.3, -0.25) is 4.79 Å². The second-order valence-corrected chi connectivity index (χ2v) is 4.53. The molecule has 3 heteroatoms. The maximum Gasteiger partial charge on any atom is 0.251 e. The minimum Gasteiger partial charge on any atom is -0.349 e. The first kappa shape index (κ1) is 14.2. The van der Waals surface area contributed by atoms with Crippen LogP contribution in [-0.2, 0) is 0 Å². The molecule has 0 fully saturated rings. The monoisotopic (exact) mass is 244 g/mol. The highest BCUT2D eigenvalue weighted by Gasteiger charge is 2.16. The van der Waals surface area contributed by atoms with Gasteiger partial charge in [0.1, 0.15) is 0 Å². The Kier molecular flexibility index (Phi) is 5.38. The topological polar surface area (TPSA) is 52.9 Å². The Balaban J connectivity index is 2.73. The molecule has 0 spiro atoms. The summed E-state index contributed by atoms with van der Waals surface area (Å²) in [7, 11) is 0. The van der Waals surface area contributed by atoms with E-state index in [2.05, 4.69) is 19.2 Å². The molecule has 0 aromatic heterocycles. The summed E-state index contributed by atoms with van der Waals surface area (Å²) in [5, 5.41) is 11.8. The molecule has 0 aliphatic heterocycles. The van der Waals surface area contributed by atoms with Gasteiger partial charge in [0.05, 0.1) is 11.6 Å². The van der Waals surface area contributed by atoms with Crippen molar-refractivity contribution < 1.29 is 4.79 Å². The molecule has 1 amide bonds. The lowest BCUT2D eigenvalue weighted by Gasteiger charge is -2.22. The van der Waals surface area contributed by atoms with Crippen LogP contribution >= 0.6 is 0 Å². The average Bonchev–Trinajstić information content (AvgIpc) is 2.40. The number of nitrogens with one attached hydrogen (secondary N) is 1. The summed E-state index contributed by atoms with van der Waals surface area (Å²) in [5.74, 6) is 0.389. The van der Waals surface area contributed by atoms with Crippen molar-refractivity contribution in [1.29, 1.82) is 5.26 Å². The highest BCUT2D eigenvalue weighted by atomic mass is 16.1. The summed E-state index contributed by atoms with van der Waals surface area (Å²) in [6.07, 6.45) is 2.10. The van der Waals surface area contributed by atoms with Crippen LogP contribution in [0.2, 0.25) is 0 Å². The van der Waals surface area contributed by atoms with Crippen molar-refractivity contribution in [3.63, 3.8) is 0 Å². The molecule has 1 atom stereocenters. The van der Waals surface area contributed by atoms with Gasteiger partial charge in [-0.1, -0.05) is 32.8 Å². The maximum atomic E-state index is 12.0. The molecule has 0 aliphatic carbocycles. The van der Waals surface area contributed by atoms with Gasteiger partial charge in [0.15, 0.2) is 0 Å². The molecule has 0 aliphatic rings. The van der Waals surface area contributed by atoms with Gasteiger partial charge in [-0.15, -0.1) is 0 Å². The lowest BCUT2D eigenvalue weighted by Crippen LogP contribution is -2.37. The van der Waals surface area contributed by atoms with Crippen molar-refractivity contribution in [2.45, 2.75) is 39.7 Å². The van der Waals surface area contributed by atoms with Crippen molar-refractivity contribution in [3.05, 3.63) is 35.4 Å². The standard InChI is InChI=1S/C15H20N2O/c1-4-13(5-2)11(3)17-15(18)14-8-6-7-12(9-14)10-16/h6-9,11,13H,4-5H2,1-3H3,(H,17,18). The van der Waals surface area contributed by atoms with E-state index >= 15 is 0 Å². The van der Waals surface area contributed by atoms with Crippen LogP contribution in [0.4, 0.5) is 0 Å². The number of carbonyl (C=O) groups excluding carboxylic acids is 1. The van der Waals surface area contributed by atoms with Crippen LogP contribution in [0.5, 0.6) is 0 Å². The van der Waals surface area contributed by atoms with Crippen LogP contribution in [0.1, 0.15) is 49.5 Å². The highest BCUT2D eigenvalue weighted by Crippen LogP contribution is 2.13. The predicted octanol–water partition coefficient (Wildman–Crippen LogP) is 3.11. The number of carbonyl (C=O) groups is 1. The molecule has 3 nitrogen and oxygen atoms in total. The summed E-state index contributed by atoms with van der Waals surface area (Å²) < 4.78 is 0. The third kappa shape index (κ3) is 3.59. The van der Waals surface area contributed by atoms with E-state index in [1.807, 2.05) is 13.0 Å². The first-order valence-electron chi connectivity index (χ1n) is 6.43. The van der Waals surface area contributed by atoms with Crippen LogP contribution in [0.3, 0.4) is 0 Å². The Hall–Kier alpha value is -1.82. The molecule has 0 radical (unpaired) electrons. The Morgan fingerprint density at radius 3 is 2.61 bits per heavy atom. The predicted molar refractivity (Wildman–Crippen MR) is 72.2 cm³/mol. The largest absolute Gasteiger partial charge is 0.349 e. The number of amides is 1. The lowest BCUT2D eigenvalue weighted by molar-refractivity contribution is 0.0925. The zero-order chi connectivity index (χ0) is 13.5. The molecule has 1 aromatic rings. The summed E-state index contributed by atoms with van der Waals surface area (Å²) in [6.45, 7) is 6.30. The Morgan fingerprint density at radius 1 is 1.39 bits per heavy atom. The fourth-order valence-electron chi connectivity index (χ4n) is 2.13. The molecule has 0 saturated heterocycles. The van der Waals surface area contributed by atoms with Gasteiger partial charge < -0.3 is 5.32 Å². The first-order valence-corrected chi connectivity index (χ1v) is 6.43. The SMILES string of the molecule is CCC(CC)C(C)NC(=O)c1cccc(C#N)c1. The van der Waals surface area contributed by atoms with Crippen molar-refractivity contribution in [2.75, 3.05) is 0 Å². The molecule has 1 unspecified atom stereocenters. The fraction of sp³-hybridized carbons (Fsp3) is 0.467. The van der Waals surface area contributed by atoms with Crippen LogP contribution < -0.4 is 5.32 Å². The van der Waals surface area contributed by atoms with Gasteiger partial charge in [0.2, 0.25) is 0 Å². The number of hydrogen-bond acceptors (Lipinski definition) is 2. The average molecular weight is 244 g/mol. The van der Waals surface area contributed by atoms with E-state index in [4.69, 9.17) is 5.26 Å². The lowest BCUT2D eigenvalue weighted by atomic mass is 9.95. The number of benzene rings is 1. The van der Waals surface area contributed by atoms with E-state index in [0.29, 0.717) is 17.0 Å². The number of nitrogens with zero attached hydrogens (tertiary/aromatic N) is 1. The molecule has 18 heavy (non-hydrogen) atoms. The van der Waals surface area contributed by atoms with Gasteiger partial charge in [-0.2, -0.15) is 5.26 Å². The smallest absolute Gasteiger partial charge is 0.251 e. The molecular weight excluding hydrogens is 224 g/mol. The summed E-state index contributed by atoms with van der Waals surface area (Å²) in [5.41, 5.74) is 1.06. The van der Waals surface area contributed by atoms with Gasteiger partial charge >= 0.3 is 0 Å². The zero-order valence-electron chi connectivity index (χ0n) is 11.2. The van der Waals surface area contributed by atoms with Gasteiger partial charge in [0.25, 0.3) is 5.91 Å². The van der Waals surface area contributed by atoms with E-state index < -0.39 is 0 Å². The molecule has 1 rings (SSSR count). The summed E-state index contributed by atoms with van der Waals surface area (Å²) in [4.78, 5) is 12.0. The second-order valence-electron chi connectivity index (χ2n) is 4.53. The molecule has 0 bridgehead atoms. The van der Waals surface area contributed by atoms with E-state index in [1.165, 1.54) is 0 Å². The van der Waals surface area contributed by atoms with Crippen molar-refractivity contribution in [2.24, 2.45) is 5.92 Å². The first-order chi connectivity index (χ1) is 8.62. The molecular formula is C15H20N2O. The Morgan fingerprint density at radius 2 is 2.06 bits per heavy atom. The summed E-state index contributed by atoms with van der Waals surface area (Å²) >= 11 is 0. The van der Waals surface area contributed by atoms with E-state index in [1.54, 1.807) is 24.3 Å². The van der Waals surface area contributed by atoms with Gasteiger partial charge in [0, 0.05) is 11.6 Å². The van der Waals surface area contributed by atoms with Crippen LogP contribution in [0.25, 0.3) is 0 Å². The normalized spacial score (nSPS) is 11.9. The third-order valence-corrected chi connectivity index (χ3v) is 3.37. The van der Waals surface area contributed by atoms with Crippen molar-refractivity contribution in [3.8, 4) is 6.07 Å². The van der Waals surface area contributed by atoms with Gasteiger partial charge in [-0.25, -0.2) is 0 Å². The van der Waals surface area contributed by atoms with E-state index in [9.17, 15) is 4.79 Å². The van der Waals surface area contributed by atoms with Crippen molar-refractivity contribution >= 4 is 5.91 Å². The fourth-order valence-corrected chi connectivity index (χ4v) is 2.13. The number of hydrogen-bond donors (Lipinski definition) is 1. The quantitative estimate of drug-likeness (QED) is 0.865. The Labute approximate surface area is 109 Å². The molecule has 96 valence electrons. The number of nitriles is 1. The molecule has 0 heterocycles. The molecule has 1 N–H and O–H groups in total. The minimum atomic E-state index is -0.105. The highest BCUT2D eigenvalue weighted by molar-refractivity contribution is 5.94. The third-order valence-electron chi connectivity index (χ3n) is 3.37. The van der Waals surface area contributed by atoms with E-state index in [-0.39, 0.29) is 11.9 Å². The number of rotatable bonds is 5. The minimum absolute atomic E-state index is 0.105. The van der Waals surface area contributed by atoms with Crippen LogP contribution in [0, 0.1) is 17.2 Å². The summed E-state index contributed by atoms with van der Waals surface area (Å²) in [6, 6.07) is 8.97. The van der Waals surface area contributed by atoms with Gasteiger partial charge in [-0.05, 0) is 31.0 Å².